The monoisotopic (exact) mass is 481 g/mol. The predicted molar refractivity (Wildman–Crippen MR) is 132 cm³/mol. The molecule has 0 aliphatic carbocycles. The van der Waals surface area contributed by atoms with E-state index in [0.29, 0.717) is 11.5 Å². The van der Waals surface area contributed by atoms with Gasteiger partial charge in [0.2, 0.25) is 0 Å². The molecule has 0 N–H and O–H groups in total. The van der Waals surface area contributed by atoms with Gasteiger partial charge in [0, 0.05) is 25.7 Å². The molecule has 196 valence electrons. The fourth-order valence-corrected chi connectivity index (χ4v) is 4.14. The number of hydroxylamine groups is 2. The third-order valence-electron chi connectivity index (χ3n) is 6.08. The van der Waals surface area contributed by atoms with Crippen LogP contribution in [0, 0.1) is 0 Å². The van der Waals surface area contributed by atoms with Crippen molar-refractivity contribution in [2.24, 2.45) is 0 Å². The zero-order chi connectivity index (χ0) is 25.0. The smallest absolute Gasteiger partial charge is 0.333 e. The van der Waals surface area contributed by atoms with E-state index in [2.05, 4.69) is 0 Å². The van der Waals surface area contributed by atoms with Crippen molar-refractivity contribution in [3.8, 4) is 0 Å². The van der Waals surface area contributed by atoms with Gasteiger partial charge in [0.1, 0.15) is 0 Å². The molecule has 0 bridgehead atoms. The summed E-state index contributed by atoms with van der Waals surface area (Å²) in [6, 6.07) is 0. The number of carbonyl (C=O) groups excluding carboxylic acids is 4. The van der Waals surface area contributed by atoms with Crippen molar-refractivity contribution < 1.29 is 28.8 Å². The molecular weight excluding hydrogens is 434 g/mol. The van der Waals surface area contributed by atoms with Gasteiger partial charge in [0.25, 0.3) is 11.8 Å². The van der Waals surface area contributed by atoms with E-state index in [1.54, 1.807) is 0 Å². The van der Waals surface area contributed by atoms with Gasteiger partial charge in [-0.1, -0.05) is 89.9 Å². The first-order chi connectivity index (χ1) is 16.4. The lowest BCUT2D eigenvalue weighted by Gasteiger charge is -2.12. The van der Waals surface area contributed by atoms with Crippen molar-refractivity contribution in [1.29, 1.82) is 0 Å². The Morgan fingerprint density at radius 1 is 0.618 bits per heavy atom. The zero-order valence-corrected chi connectivity index (χ0v) is 21.6. The van der Waals surface area contributed by atoms with Crippen LogP contribution in [0.15, 0.2) is 0 Å². The normalized spacial score (nSPS) is 13.7. The Hall–Kier alpha value is -1.92. The van der Waals surface area contributed by atoms with E-state index in [-0.39, 0.29) is 31.3 Å². The number of esters is 1. The number of hydrogen-bond acceptors (Lipinski definition) is 6. The molecule has 1 heterocycles. The first kappa shape index (κ1) is 30.1. The second-order valence-electron chi connectivity index (χ2n) is 9.74. The van der Waals surface area contributed by atoms with Crippen LogP contribution in [0.1, 0.15) is 142 Å². The minimum atomic E-state index is -0.493. The topological polar surface area (TPSA) is 90.0 Å². The van der Waals surface area contributed by atoms with Crippen LogP contribution in [0.2, 0.25) is 0 Å². The van der Waals surface area contributed by atoms with Gasteiger partial charge in [0.05, 0.1) is 6.10 Å². The Balaban J connectivity index is 1.76. The van der Waals surface area contributed by atoms with Crippen molar-refractivity contribution in [1.82, 2.24) is 5.06 Å². The maximum Gasteiger partial charge on any atom is 0.333 e. The highest BCUT2D eigenvalue weighted by Gasteiger charge is 2.32. The number of rotatable bonds is 21. The van der Waals surface area contributed by atoms with Gasteiger partial charge in [0.15, 0.2) is 0 Å². The van der Waals surface area contributed by atoms with E-state index in [4.69, 9.17) is 9.57 Å². The summed E-state index contributed by atoms with van der Waals surface area (Å²) in [7, 11) is 0. The van der Waals surface area contributed by atoms with Crippen molar-refractivity contribution in [2.45, 2.75) is 148 Å². The molecular formula is C27H47NO6. The Labute approximate surface area is 206 Å². The highest BCUT2D eigenvalue weighted by molar-refractivity contribution is 6.01. The van der Waals surface area contributed by atoms with Crippen LogP contribution in [-0.2, 0) is 28.8 Å². The van der Waals surface area contributed by atoms with Crippen LogP contribution in [0.4, 0.5) is 0 Å². The van der Waals surface area contributed by atoms with Crippen molar-refractivity contribution >= 4 is 23.8 Å². The summed E-state index contributed by atoms with van der Waals surface area (Å²) >= 11 is 0. The molecule has 1 fully saturated rings. The number of unbranched alkanes of at least 4 members (excludes halogenated alkanes) is 15. The first-order valence-corrected chi connectivity index (χ1v) is 13.7. The van der Waals surface area contributed by atoms with Gasteiger partial charge in [-0.15, -0.1) is 5.06 Å². The van der Waals surface area contributed by atoms with E-state index in [1.165, 1.54) is 70.6 Å². The SMILES string of the molecule is CC(C)OC(=O)CCCCCCCCCCCCCCCCCCC(=O)ON1C(=O)CCC1=O. The molecule has 34 heavy (non-hydrogen) atoms. The quantitative estimate of drug-likeness (QED) is 0.105. The molecule has 0 spiro atoms. The second-order valence-corrected chi connectivity index (χ2v) is 9.74. The molecule has 7 nitrogen and oxygen atoms in total. The van der Waals surface area contributed by atoms with Crippen molar-refractivity contribution in [2.75, 3.05) is 0 Å². The van der Waals surface area contributed by atoms with Crippen LogP contribution >= 0.6 is 0 Å². The first-order valence-electron chi connectivity index (χ1n) is 13.7. The average Bonchev–Trinajstić information content (AvgIpc) is 3.09. The Kier molecular flexibility index (Phi) is 17.2. The Morgan fingerprint density at radius 2 is 0.941 bits per heavy atom. The second kappa shape index (κ2) is 19.4. The number of hydrogen-bond donors (Lipinski definition) is 0. The number of imide groups is 1. The summed E-state index contributed by atoms with van der Waals surface area (Å²) in [5.41, 5.74) is 0. The van der Waals surface area contributed by atoms with E-state index in [0.717, 1.165) is 32.1 Å². The summed E-state index contributed by atoms with van der Waals surface area (Å²) in [5.74, 6) is -1.41. The minimum Gasteiger partial charge on any atom is -0.463 e. The lowest BCUT2D eigenvalue weighted by Crippen LogP contribution is -2.31. The van der Waals surface area contributed by atoms with Gasteiger partial charge in [-0.3, -0.25) is 14.4 Å². The minimum absolute atomic E-state index is 0.00740. The van der Waals surface area contributed by atoms with Gasteiger partial charge in [-0.25, -0.2) is 4.79 Å². The van der Waals surface area contributed by atoms with E-state index in [1.807, 2.05) is 13.8 Å². The zero-order valence-electron chi connectivity index (χ0n) is 21.6. The van der Waals surface area contributed by atoms with Crippen LogP contribution in [0.25, 0.3) is 0 Å². The lowest BCUT2D eigenvalue weighted by molar-refractivity contribution is -0.197. The van der Waals surface area contributed by atoms with Crippen LogP contribution < -0.4 is 0 Å². The largest absolute Gasteiger partial charge is 0.463 e. The molecule has 1 saturated heterocycles. The highest BCUT2D eigenvalue weighted by Crippen LogP contribution is 2.16. The molecule has 0 atom stereocenters. The molecule has 0 aromatic rings. The molecule has 0 radical (unpaired) electrons. The van der Waals surface area contributed by atoms with Crippen LogP contribution in [0.3, 0.4) is 0 Å². The summed E-state index contributed by atoms with van der Waals surface area (Å²) in [6.45, 7) is 3.77. The number of carbonyl (C=O) groups is 4. The molecule has 7 heteroatoms. The maximum atomic E-state index is 11.7. The standard InChI is InChI=1S/C27H47NO6/c1-23(2)33-26(31)19-17-15-13-11-9-7-5-3-4-6-8-10-12-14-16-18-20-27(32)34-28-24(29)21-22-25(28)30/h23H,3-22H2,1-2H3. The van der Waals surface area contributed by atoms with Crippen molar-refractivity contribution in [3.63, 3.8) is 0 Å². The number of ether oxygens (including phenoxy) is 1. The van der Waals surface area contributed by atoms with E-state index in [9.17, 15) is 19.2 Å². The molecule has 0 aromatic carbocycles. The third-order valence-corrected chi connectivity index (χ3v) is 6.08. The number of amides is 2. The summed E-state index contributed by atoms with van der Waals surface area (Å²) in [5, 5.41) is 0.624. The molecule has 1 aliphatic heterocycles. The van der Waals surface area contributed by atoms with Gasteiger partial charge in [-0.2, -0.15) is 0 Å². The molecule has 0 aromatic heterocycles. The molecule has 2 amide bonds. The fourth-order valence-electron chi connectivity index (χ4n) is 4.14. The molecule has 0 saturated carbocycles. The summed E-state index contributed by atoms with van der Waals surface area (Å²) < 4.78 is 5.14. The van der Waals surface area contributed by atoms with Gasteiger partial charge in [-0.05, 0) is 26.7 Å². The lowest BCUT2D eigenvalue weighted by atomic mass is 10.0. The van der Waals surface area contributed by atoms with Crippen LogP contribution in [-0.4, -0.2) is 34.9 Å². The number of nitrogens with zero attached hydrogens (tertiary/aromatic N) is 1. The summed E-state index contributed by atoms with van der Waals surface area (Å²) in [6.07, 6.45) is 20.0. The average molecular weight is 482 g/mol. The third kappa shape index (κ3) is 15.8. The summed E-state index contributed by atoms with van der Waals surface area (Å²) in [4.78, 5) is 50.8. The van der Waals surface area contributed by atoms with Gasteiger partial charge < -0.3 is 9.57 Å². The fraction of sp³-hybridized carbons (Fsp3) is 0.852. The molecule has 1 rings (SSSR count). The molecule has 0 unspecified atom stereocenters. The highest BCUT2D eigenvalue weighted by atomic mass is 16.7. The maximum absolute atomic E-state index is 11.7. The van der Waals surface area contributed by atoms with Gasteiger partial charge >= 0.3 is 11.9 Å². The van der Waals surface area contributed by atoms with E-state index >= 15 is 0 Å². The van der Waals surface area contributed by atoms with E-state index < -0.39 is 17.8 Å². The molecule has 1 aliphatic rings. The Morgan fingerprint density at radius 3 is 1.29 bits per heavy atom. The van der Waals surface area contributed by atoms with Crippen molar-refractivity contribution in [3.05, 3.63) is 0 Å². The predicted octanol–water partition coefficient (Wildman–Crippen LogP) is 6.57. The Bertz CT molecular complexity index is 588. The van der Waals surface area contributed by atoms with Crippen LogP contribution in [0.5, 0.6) is 0 Å².